The summed E-state index contributed by atoms with van der Waals surface area (Å²) in [6.45, 7) is 7.50. The molecular formula is C22H32IN5O. The molecule has 0 bridgehead atoms. The molecule has 0 atom stereocenters. The summed E-state index contributed by atoms with van der Waals surface area (Å²) >= 11 is 0. The molecule has 29 heavy (non-hydrogen) atoms. The smallest absolute Gasteiger partial charge is 0.213 e. The minimum Gasteiger partial charge on any atom is -0.478 e. The number of aromatic nitrogens is 1. The first-order chi connectivity index (χ1) is 13.8. The van der Waals surface area contributed by atoms with Crippen LogP contribution in [0.5, 0.6) is 5.88 Å². The third-order valence-electron chi connectivity index (χ3n) is 4.86. The van der Waals surface area contributed by atoms with Crippen molar-refractivity contribution in [1.82, 2.24) is 20.5 Å². The van der Waals surface area contributed by atoms with Crippen molar-refractivity contribution in [3.8, 4) is 5.88 Å². The Morgan fingerprint density at radius 3 is 2.34 bits per heavy atom. The lowest BCUT2D eigenvalue weighted by atomic mass is 10.1. The minimum atomic E-state index is 0. The molecule has 7 heteroatoms. The number of rotatable bonds is 8. The summed E-state index contributed by atoms with van der Waals surface area (Å²) < 4.78 is 5.45. The zero-order valence-corrected chi connectivity index (χ0v) is 19.7. The molecule has 0 unspecified atom stereocenters. The van der Waals surface area contributed by atoms with Crippen LogP contribution in [0.4, 0.5) is 0 Å². The van der Waals surface area contributed by atoms with E-state index in [1.54, 1.807) is 13.2 Å². The molecule has 0 aliphatic carbocycles. The van der Waals surface area contributed by atoms with E-state index in [0.29, 0.717) is 19.0 Å². The van der Waals surface area contributed by atoms with Gasteiger partial charge < -0.3 is 15.4 Å². The molecule has 1 aromatic carbocycles. The second-order valence-electron chi connectivity index (χ2n) is 7.01. The summed E-state index contributed by atoms with van der Waals surface area (Å²) in [7, 11) is 1.78. The van der Waals surface area contributed by atoms with E-state index in [9.17, 15) is 0 Å². The lowest BCUT2D eigenvalue weighted by molar-refractivity contribution is 0.326. The topological polar surface area (TPSA) is 61.8 Å². The van der Waals surface area contributed by atoms with E-state index >= 15 is 0 Å². The summed E-state index contributed by atoms with van der Waals surface area (Å²) in [5.74, 6) is 1.43. The summed E-state index contributed by atoms with van der Waals surface area (Å²) in [5.41, 5.74) is 3.74. The fourth-order valence-corrected chi connectivity index (χ4v) is 3.34. The predicted molar refractivity (Wildman–Crippen MR) is 129 cm³/mol. The van der Waals surface area contributed by atoms with Gasteiger partial charge in [-0.25, -0.2) is 4.98 Å². The van der Waals surface area contributed by atoms with Gasteiger partial charge in [0.1, 0.15) is 0 Å². The molecule has 1 aromatic heterocycles. The van der Waals surface area contributed by atoms with Gasteiger partial charge in [-0.1, -0.05) is 24.3 Å². The Labute approximate surface area is 191 Å². The van der Waals surface area contributed by atoms with Crippen LogP contribution >= 0.6 is 24.0 Å². The Morgan fingerprint density at radius 2 is 1.69 bits per heavy atom. The SMILES string of the molecule is CCOc1cc(CNC(=NC)NCc2ccc(CN3CCCC3)cc2)ccn1.I. The van der Waals surface area contributed by atoms with Crippen LogP contribution in [0.15, 0.2) is 47.6 Å². The lowest BCUT2D eigenvalue weighted by Crippen LogP contribution is -2.36. The number of pyridine rings is 1. The van der Waals surface area contributed by atoms with Gasteiger partial charge in [-0.15, -0.1) is 24.0 Å². The zero-order valence-electron chi connectivity index (χ0n) is 17.4. The van der Waals surface area contributed by atoms with E-state index in [4.69, 9.17) is 4.74 Å². The zero-order chi connectivity index (χ0) is 19.6. The molecule has 1 aliphatic rings. The maximum Gasteiger partial charge on any atom is 0.213 e. The van der Waals surface area contributed by atoms with Crippen molar-refractivity contribution in [1.29, 1.82) is 0 Å². The van der Waals surface area contributed by atoms with Crippen molar-refractivity contribution in [2.45, 2.75) is 39.4 Å². The average molecular weight is 509 g/mol. The van der Waals surface area contributed by atoms with E-state index in [1.165, 1.54) is 37.1 Å². The van der Waals surface area contributed by atoms with Gasteiger partial charge in [0.2, 0.25) is 5.88 Å². The fourth-order valence-electron chi connectivity index (χ4n) is 3.34. The third-order valence-corrected chi connectivity index (χ3v) is 4.86. The molecule has 6 nitrogen and oxygen atoms in total. The number of likely N-dealkylation sites (tertiary alicyclic amines) is 1. The van der Waals surface area contributed by atoms with E-state index in [1.807, 2.05) is 19.1 Å². The van der Waals surface area contributed by atoms with Crippen LogP contribution in [0.1, 0.15) is 36.5 Å². The van der Waals surface area contributed by atoms with Gasteiger partial charge in [0, 0.05) is 38.9 Å². The highest BCUT2D eigenvalue weighted by atomic mass is 127. The largest absolute Gasteiger partial charge is 0.478 e. The standard InChI is InChI=1S/C22H31N5O.HI/c1-3-28-21-14-20(10-11-24-21)16-26-22(23-2)25-15-18-6-8-19(9-7-18)17-27-12-4-5-13-27;/h6-11,14H,3-5,12-13,15-17H2,1-2H3,(H2,23,25,26);1H. The minimum absolute atomic E-state index is 0. The second kappa shape index (κ2) is 12.6. The maximum absolute atomic E-state index is 5.45. The second-order valence-corrected chi connectivity index (χ2v) is 7.01. The van der Waals surface area contributed by atoms with Crippen LogP contribution in [0, 0.1) is 0 Å². The quantitative estimate of drug-likeness (QED) is 0.324. The van der Waals surface area contributed by atoms with Crippen molar-refractivity contribution in [3.05, 3.63) is 59.3 Å². The summed E-state index contributed by atoms with van der Waals surface area (Å²) in [6, 6.07) is 12.8. The van der Waals surface area contributed by atoms with E-state index in [-0.39, 0.29) is 24.0 Å². The van der Waals surface area contributed by atoms with Gasteiger partial charge in [-0.3, -0.25) is 9.89 Å². The van der Waals surface area contributed by atoms with E-state index < -0.39 is 0 Å². The summed E-state index contributed by atoms with van der Waals surface area (Å²) in [5, 5.41) is 6.70. The van der Waals surface area contributed by atoms with Gasteiger partial charge >= 0.3 is 0 Å². The summed E-state index contributed by atoms with van der Waals surface area (Å²) in [6.07, 6.45) is 4.43. The molecule has 3 rings (SSSR count). The molecule has 0 radical (unpaired) electrons. The Morgan fingerprint density at radius 1 is 1.03 bits per heavy atom. The predicted octanol–water partition coefficient (Wildman–Crippen LogP) is 3.56. The third kappa shape index (κ3) is 7.81. The Kier molecular flexibility index (Phi) is 10.2. The molecule has 0 amide bonds. The van der Waals surface area contributed by atoms with Crippen LogP contribution in [0.2, 0.25) is 0 Å². The molecule has 0 spiro atoms. The van der Waals surface area contributed by atoms with Crippen LogP contribution < -0.4 is 15.4 Å². The first kappa shape index (κ1) is 23.4. The van der Waals surface area contributed by atoms with Crippen molar-refractivity contribution in [2.24, 2.45) is 4.99 Å². The first-order valence-electron chi connectivity index (χ1n) is 10.1. The van der Waals surface area contributed by atoms with Crippen LogP contribution in [0.3, 0.4) is 0 Å². The number of nitrogens with one attached hydrogen (secondary N) is 2. The van der Waals surface area contributed by atoms with Crippen LogP contribution in [-0.4, -0.2) is 42.6 Å². The van der Waals surface area contributed by atoms with Crippen LogP contribution in [0.25, 0.3) is 0 Å². The van der Waals surface area contributed by atoms with Gasteiger partial charge in [0.15, 0.2) is 5.96 Å². The first-order valence-corrected chi connectivity index (χ1v) is 10.1. The van der Waals surface area contributed by atoms with Crippen molar-refractivity contribution >= 4 is 29.9 Å². The molecule has 0 saturated carbocycles. The molecule has 158 valence electrons. The molecule has 1 saturated heterocycles. The highest BCUT2D eigenvalue weighted by Crippen LogP contribution is 2.13. The highest BCUT2D eigenvalue weighted by Gasteiger charge is 2.11. The van der Waals surface area contributed by atoms with E-state index in [0.717, 1.165) is 24.6 Å². The van der Waals surface area contributed by atoms with Gasteiger partial charge in [0.25, 0.3) is 0 Å². The number of benzene rings is 1. The normalized spacial score (nSPS) is 14.3. The Hall–Kier alpha value is -1.87. The molecular weight excluding hydrogens is 477 g/mol. The van der Waals surface area contributed by atoms with Crippen molar-refractivity contribution in [2.75, 3.05) is 26.7 Å². The fraction of sp³-hybridized carbons (Fsp3) is 0.455. The molecule has 2 heterocycles. The molecule has 1 aliphatic heterocycles. The number of nitrogens with zero attached hydrogens (tertiary/aromatic N) is 3. The molecule has 2 aromatic rings. The van der Waals surface area contributed by atoms with Crippen molar-refractivity contribution in [3.63, 3.8) is 0 Å². The number of guanidine groups is 1. The number of hydrogen-bond donors (Lipinski definition) is 2. The van der Waals surface area contributed by atoms with Gasteiger partial charge in [-0.2, -0.15) is 0 Å². The lowest BCUT2D eigenvalue weighted by Gasteiger charge is -2.15. The summed E-state index contributed by atoms with van der Waals surface area (Å²) in [4.78, 5) is 11.0. The average Bonchev–Trinajstić information content (AvgIpc) is 3.23. The maximum atomic E-state index is 5.45. The number of aliphatic imine (C=N–C) groups is 1. The number of hydrogen-bond acceptors (Lipinski definition) is 4. The monoisotopic (exact) mass is 509 g/mol. The Bertz CT molecular complexity index is 760. The Balaban J connectivity index is 0.00000300. The van der Waals surface area contributed by atoms with Crippen LogP contribution in [-0.2, 0) is 19.6 Å². The molecule has 2 N–H and O–H groups in total. The number of ether oxygens (including phenoxy) is 1. The molecule has 1 fully saturated rings. The van der Waals surface area contributed by atoms with Crippen molar-refractivity contribution < 1.29 is 4.74 Å². The highest BCUT2D eigenvalue weighted by molar-refractivity contribution is 14.0. The van der Waals surface area contributed by atoms with Gasteiger partial charge in [0.05, 0.1) is 6.61 Å². The van der Waals surface area contributed by atoms with Gasteiger partial charge in [-0.05, 0) is 55.6 Å². The van der Waals surface area contributed by atoms with E-state index in [2.05, 4.69) is 49.8 Å². The number of halogens is 1.